The molecule has 0 bridgehead atoms. The maximum atomic E-state index is 15.2. The highest BCUT2D eigenvalue weighted by atomic mass is 19.4. The first-order chi connectivity index (χ1) is 18.9. The van der Waals surface area contributed by atoms with Crippen molar-refractivity contribution in [3.05, 3.63) is 39.9 Å². The maximum Gasteiger partial charge on any atom is 0.401 e. The molecule has 3 aliphatic carbocycles. The van der Waals surface area contributed by atoms with Crippen LogP contribution in [0.4, 0.5) is 23.2 Å². The van der Waals surface area contributed by atoms with E-state index in [4.69, 9.17) is 5.73 Å². The zero-order chi connectivity index (χ0) is 30.8. The summed E-state index contributed by atoms with van der Waals surface area (Å²) in [7, 11) is 0. The van der Waals surface area contributed by atoms with E-state index in [1.165, 1.54) is 0 Å². The molecule has 1 aromatic rings. The first-order valence-corrected chi connectivity index (χ1v) is 12.5. The highest BCUT2D eigenvalue weighted by molar-refractivity contribution is 6.23. The molecule has 0 spiro atoms. The second-order valence-corrected chi connectivity index (χ2v) is 10.7. The fraction of sp³-hybridized carbons (Fsp3) is 0.462. The Balaban J connectivity index is 1.79. The van der Waals surface area contributed by atoms with Gasteiger partial charge in [0.25, 0.3) is 5.91 Å². The van der Waals surface area contributed by atoms with Gasteiger partial charge in [-0.15, -0.1) is 0 Å². The molecule has 11 nitrogen and oxygen atoms in total. The Kier molecular flexibility index (Phi) is 7.41. The number of Topliss-reactive ketones (excluding diaryl/α,β-unsaturated/α-hetero) is 2. The van der Waals surface area contributed by atoms with Crippen LogP contribution in [0.5, 0.6) is 5.75 Å². The lowest BCUT2D eigenvalue weighted by atomic mass is 9.54. The van der Waals surface area contributed by atoms with Crippen LogP contribution in [-0.2, 0) is 25.6 Å². The molecule has 0 heterocycles. The number of aromatic hydroxyl groups is 1. The monoisotopic (exact) mass is 585 g/mol. The minimum Gasteiger partial charge on any atom is -0.508 e. The van der Waals surface area contributed by atoms with Crippen LogP contribution in [0.1, 0.15) is 31.4 Å². The summed E-state index contributed by atoms with van der Waals surface area (Å²) in [5.41, 5.74) is -0.551. The number of primary amides is 1. The molecular weight excluding hydrogens is 558 g/mol. The summed E-state index contributed by atoms with van der Waals surface area (Å²) in [5.74, 6) is -12.8. The third-order valence-electron chi connectivity index (χ3n) is 7.80. The summed E-state index contributed by atoms with van der Waals surface area (Å²) in [6, 6.07) is 0.698. The van der Waals surface area contributed by atoms with Gasteiger partial charge in [-0.1, -0.05) is 13.8 Å². The van der Waals surface area contributed by atoms with E-state index < -0.39 is 117 Å². The van der Waals surface area contributed by atoms with Crippen molar-refractivity contribution in [1.82, 2.24) is 5.32 Å². The minimum absolute atomic E-state index is 0.213. The SMILES string of the molecule is CC(C)[C@@H]1C(=O)C(C(N)=O)=C(O)[C@@]2(O)C(=O)C3=C(O)c4c(O)c(NC(=O)CNCC(F)(F)F)cc(F)c4C[C@H]3C[C@@H]12. The van der Waals surface area contributed by atoms with Gasteiger partial charge in [0, 0.05) is 29.0 Å². The van der Waals surface area contributed by atoms with Crippen LogP contribution >= 0.6 is 0 Å². The summed E-state index contributed by atoms with van der Waals surface area (Å²) < 4.78 is 52.2. The third kappa shape index (κ3) is 4.82. The number of phenols is 1. The van der Waals surface area contributed by atoms with Crippen molar-refractivity contribution in [2.75, 3.05) is 18.4 Å². The number of aliphatic hydroxyl groups excluding tert-OH is 2. The Hall–Kier alpha value is -3.98. The van der Waals surface area contributed by atoms with Crippen LogP contribution in [0.25, 0.3) is 5.76 Å². The van der Waals surface area contributed by atoms with E-state index in [9.17, 15) is 52.8 Å². The molecule has 0 aromatic heterocycles. The molecule has 1 fully saturated rings. The number of alkyl halides is 3. The standard InChI is InChI=1S/C26H27F4N3O8/c1-8(2)15-11-4-9-3-10-12(27)5-13(33-14(34)6-32-7-25(28,29)30)19(35)17(10)21(37)16(9)22(38)26(11,41)23(39)18(20(15)36)24(31)40/h5,8-9,11,15,32,35,37,39,41H,3-4,6-7H2,1-2H3,(H2,31,40)(H,33,34)/t9-,11-,15-,26-/m0/s1. The van der Waals surface area contributed by atoms with Gasteiger partial charge in [0.1, 0.15) is 22.9 Å². The smallest absolute Gasteiger partial charge is 0.401 e. The van der Waals surface area contributed by atoms with Gasteiger partial charge in [0.2, 0.25) is 11.7 Å². The van der Waals surface area contributed by atoms with Gasteiger partial charge >= 0.3 is 6.18 Å². The molecule has 0 radical (unpaired) electrons. The average Bonchev–Trinajstić information content (AvgIpc) is 2.83. The Bertz CT molecular complexity index is 1430. The number of anilines is 1. The van der Waals surface area contributed by atoms with Crippen molar-refractivity contribution in [1.29, 1.82) is 0 Å². The van der Waals surface area contributed by atoms with Crippen molar-refractivity contribution in [3.63, 3.8) is 0 Å². The number of carbonyl (C=O) groups excluding carboxylic acids is 4. The fourth-order valence-corrected chi connectivity index (χ4v) is 6.11. The Morgan fingerprint density at radius 2 is 1.83 bits per heavy atom. The van der Waals surface area contributed by atoms with E-state index in [1.54, 1.807) is 13.8 Å². The number of ketones is 2. The van der Waals surface area contributed by atoms with E-state index in [0.29, 0.717) is 6.07 Å². The second kappa shape index (κ2) is 10.1. The van der Waals surface area contributed by atoms with E-state index >= 15 is 4.39 Å². The van der Waals surface area contributed by atoms with Gasteiger partial charge in [-0.05, 0) is 24.7 Å². The molecule has 2 amide bonds. The summed E-state index contributed by atoms with van der Waals surface area (Å²) in [4.78, 5) is 51.0. The third-order valence-corrected chi connectivity index (χ3v) is 7.80. The number of hydrogen-bond donors (Lipinski definition) is 7. The van der Waals surface area contributed by atoms with Gasteiger partial charge in [0.05, 0.1) is 24.3 Å². The first kappa shape index (κ1) is 30.0. The topological polar surface area (TPSA) is 199 Å². The number of amides is 2. The van der Waals surface area contributed by atoms with Crippen molar-refractivity contribution >= 4 is 34.8 Å². The van der Waals surface area contributed by atoms with Crippen LogP contribution in [0.3, 0.4) is 0 Å². The van der Waals surface area contributed by atoms with E-state index in [-0.39, 0.29) is 18.4 Å². The zero-order valence-electron chi connectivity index (χ0n) is 21.7. The molecule has 0 aliphatic heterocycles. The van der Waals surface area contributed by atoms with E-state index in [0.717, 1.165) is 0 Å². The van der Waals surface area contributed by atoms with Crippen LogP contribution in [-0.4, -0.2) is 68.7 Å². The molecule has 4 rings (SSSR count). The lowest BCUT2D eigenvalue weighted by molar-refractivity contribution is -0.155. The predicted octanol–water partition coefficient (Wildman–Crippen LogP) is 1.54. The lowest BCUT2D eigenvalue weighted by Gasteiger charge is -2.50. The molecule has 41 heavy (non-hydrogen) atoms. The summed E-state index contributed by atoms with van der Waals surface area (Å²) in [5, 5.41) is 48.2. The molecule has 4 atom stereocenters. The van der Waals surface area contributed by atoms with Crippen molar-refractivity contribution < 1.29 is 57.2 Å². The molecule has 15 heteroatoms. The van der Waals surface area contributed by atoms with Crippen LogP contribution < -0.4 is 16.4 Å². The fourth-order valence-electron chi connectivity index (χ4n) is 6.11. The highest BCUT2D eigenvalue weighted by Gasteiger charge is 2.64. The largest absolute Gasteiger partial charge is 0.508 e. The Morgan fingerprint density at radius 1 is 1.20 bits per heavy atom. The van der Waals surface area contributed by atoms with Crippen molar-refractivity contribution in [2.24, 2.45) is 29.4 Å². The molecule has 0 saturated heterocycles. The number of nitrogens with one attached hydrogen (secondary N) is 2. The predicted molar refractivity (Wildman–Crippen MR) is 133 cm³/mol. The maximum absolute atomic E-state index is 15.2. The molecular formula is C26H27F4N3O8. The molecule has 222 valence electrons. The minimum atomic E-state index is -4.60. The number of benzene rings is 1. The Morgan fingerprint density at radius 3 is 2.39 bits per heavy atom. The van der Waals surface area contributed by atoms with Gasteiger partial charge in [0.15, 0.2) is 17.1 Å². The van der Waals surface area contributed by atoms with Gasteiger partial charge in [-0.3, -0.25) is 19.2 Å². The highest BCUT2D eigenvalue weighted by Crippen LogP contribution is 2.55. The number of halogens is 4. The summed E-state index contributed by atoms with van der Waals surface area (Å²) in [6.07, 6.45) is -5.12. The van der Waals surface area contributed by atoms with Crippen molar-refractivity contribution in [2.45, 2.75) is 38.5 Å². The second-order valence-electron chi connectivity index (χ2n) is 10.7. The summed E-state index contributed by atoms with van der Waals surface area (Å²) in [6.45, 7) is 0.843. The number of nitrogens with two attached hydrogens (primary N) is 1. The molecule has 8 N–H and O–H groups in total. The van der Waals surface area contributed by atoms with Crippen LogP contribution in [0.2, 0.25) is 0 Å². The average molecular weight is 586 g/mol. The van der Waals surface area contributed by atoms with Crippen LogP contribution in [0, 0.1) is 29.5 Å². The first-order valence-electron chi connectivity index (χ1n) is 12.5. The molecule has 0 unspecified atom stereocenters. The zero-order valence-corrected chi connectivity index (χ0v) is 21.7. The van der Waals surface area contributed by atoms with Crippen LogP contribution in [0.15, 0.2) is 23.0 Å². The summed E-state index contributed by atoms with van der Waals surface area (Å²) >= 11 is 0. The van der Waals surface area contributed by atoms with Gasteiger partial charge in [-0.25, -0.2) is 4.39 Å². The molecule has 3 aliphatic rings. The van der Waals surface area contributed by atoms with E-state index in [2.05, 4.69) is 0 Å². The lowest BCUT2D eigenvalue weighted by Crippen LogP contribution is -2.62. The molecule has 1 aromatic carbocycles. The van der Waals surface area contributed by atoms with Gasteiger partial charge < -0.3 is 36.8 Å². The quantitative estimate of drug-likeness (QED) is 0.147. The number of fused-ring (bicyclic) bond motifs is 3. The van der Waals surface area contributed by atoms with Gasteiger partial charge in [-0.2, -0.15) is 13.2 Å². The number of phenolic OH excluding ortho intramolecular Hbond substituents is 1. The number of hydrogen-bond acceptors (Lipinski definition) is 9. The molecule has 1 saturated carbocycles. The normalized spacial score (nSPS) is 26.1. The van der Waals surface area contributed by atoms with Crippen molar-refractivity contribution in [3.8, 4) is 5.75 Å². The number of carbonyl (C=O) groups is 4. The Labute approximate surface area is 229 Å². The number of aliphatic hydroxyl groups is 3. The van der Waals surface area contributed by atoms with E-state index in [1.807, 2.05) is 10.6 Å². The number of rotatable bonds is 6.